The van der Waals surface area contributed by atoms with Crippen molar-refractivity contribution in [3.63, 3.8) is 0 Å². The third kappa shape index (κ3) is 5.22. The molecule has 0 amide bonds. The van der Waals surface area contributed by atoms with Crippen molar-refractivity contribution in [3.05, 3.63) is 51.6 Å². The number of tetrazole rings is 1. The summed E-state index contributed by atoms with van der Waals surface area (Å²) in [6.45, 7) is 7.37. The van der Waals surface area contributed by atoms with Crippen LogP contribution in [0.2, 0.25) is 0 Å². The molecule has 1 saturated carbocycles. The summed E-state index contributed by atoms with van der Waals surface area (Å²) in [7, 11) is 0. The van der Waals surface area contributed by atoms with Gasteiger partial charge in [0, 0.05) is 49.9 Å². The van der Waals surface area contributed by atoms with Gasteiger partial charge >= 0.3 is 0 Å². The van der Waals surface area contributed by atoms with Gasteiger partial charge in [0.1, 0.15) is 6.04 Å². The van der Waals surface area contributed by atoms with Crippen molar-refractivity contribution in [2.24, 2.45) is 0 Å². The maximum absolute atomic E-state index is 13.5. The van der Waals surface area contributed by atoms with Crippen LogP contribution in [0, 0.1) is 0 Å². The van der Waals surface area contributed by atoms with Crippen LogP contribution in [0.4, 0.5) is 0 Å². The molecule has 198 valence electrons. The van der Waals surface area contributed by atoms with Crippen LogP contribution in [0.3, 0.4) is 0 Å². The number of hydrogen-bond donors (Lipinski definition) is 1. The van der Waals surface area contributed by atoms with E-state index in [-0.39, 0.29) is 17.7 Å². The largest absolute Gasteiger partial charge is 0.376 e. The van der Waals surface area contributed by atoms with Crippen LogP contribution in [-0.2, 0) is 17.7 Å². The molecule has 2 aliphatic heterocycles. The van der Waals surface area contributed by atoms with E-state index in [0.29, 0.717) is 12.6 Å². The number of piperazine rings is 1. The molecule has 9 nitrogen and oxygen atoms in total. The Labute approximate surface area is 218 Å². The molecule has 0 bridgehead atoms. The Hall–Kier alpha value is -2.62. The van der Waals surface area contributed by atoms with E-state index in [1.807, 2.05) is 10.7 Å². The summed E-state index contributed by atoms with van der Waals surface area (Å²) in [5.41, 5.74) is 2.77. The summed E-state index contributed by atoms with van der Waals surface area (Å²) in [6.07, 6.45) is 9.84. The highest BCUT2D eigenvalue weighted by molar-refractivity contribution is 5.80. The van der Waals surface area contributed by atoms with E-state index in [1.165, 1.54) is 37.7 Å². The second kappa shape index (κ2) is 11.0. The van der Waals surface area contributed by atoms with Gasteiger partial charge in [0.15, 0.2) is 5.82 Å². The molecule has 1 N–H and O–H groups in total. The minimum atomic E-state index is -0.302. The van der Waals surface area contributed by atoms with Gasteiger partial charge in [0.05, 0.1) is 12.6 Å². The predicted octanol–water partition coefficient (Wildman–Crippen LogP) is 3.30. The highest BCUT2D eigenvalue weighted by Crippen LogP contribution is 2.30. The molecular weight excluding hydrogens is 466 g/mol. The number of benzene rings is 1. The SMILES string of the molecule is CCc1ccc2[nH]c(=O)c(C(c3nnnn3CC3CCCO3)N3CCN(C4CCCCC4)CC3)cc2c1. The Morgan fingerprint density at radius 2 is 1.89 bits per heavy atom. The fourth-order valence-electron chi connectivity index (χ4n) is 6.52. The molecule has 37 heavy (non-hydrogen) atoms. The molecule has 9 heteroatoms. The van der Waals surface area contributed by atoms with E-state index in [2.05, 4.69) is 55.4 Å². The van der Waals surface area contributed by atoms with E-state index >= 15 is 0 Å². The molecule has 1 aliphatic carbocycles. The molecule has 4 heterocycles. The first kappa shape index (κ1) is 24.7. The fourth-order valence-corrected chi connectivity index (χ4v) is 6.52. The highest BCUT2D eigenvalue weighted by atomic mass is 16.5. The zero-order valence-electron chi connectivity index (χ0n) is 21.9. The van der Waals surface area contributed by atoms with Crippen molar-refractivity contribution in [1.82, 2.24) is 35.0 Å². The normalized spacial score (nSPS) is 23.1. The number of aromatic amines is 1. The van der Waals surface area contributed by atoms with Crippen LogP contribution in [-0.4, -0.2) is 79.9 Å². The molecule has 2 atom stereocenters. The zero-order chi connectivity index (χ0) is 25.2. The number of pyridine rings is 1. The highest BCUT2D eigenvalue weighted by Gasteiger charge is 2.35. The molecule has 3 fully saturated rings. The van der Waals surface area contributed by atoms with Crippen LogP contribution in [0.15, 0.2) is 29.1 Å². The summed E-state index contributed by atoms with van der Waals surface area (Å²) >= 11 is 0. The van der Waals surface area contributed by atoms with Crippen molar-refractivity contribution in [2.75, 3.05) is 32.8 Å². The first-order chi connectivity index (χ1) is 18.2. The molecule has 6 rings (SSSR count). The Morgan fingerprint density at radius 3 is 2.65 bits per heavy atom. The monoisotopic (exact) mass is 505 g/mol. The van der Waals surface area contributed by atoms with Gasteiger partial charge < -0.3 is 9.72 Å². The van der Waals surface area contributed by atoms with Crippen LogP contribution in [0.25, 0.3) is 10.9 Å². The third-order valence-electron chi connectivity index (χ3n) is 8.65. The first-order valence-corrected chi connectivity index (χ1v) is 14.2. The van der Waals surface area contributed by atoms with E-state index in [4.69, 9.17) is 4.74 Å². The first-order valence-electron chi connectivity index (χ1n) is 14.2. The van der Waals surface area contributed by atoms with E-state index in [9.17, 15) is 4.79 Å². The quantitative estimate of drug-likeness (QED) is 0.527. The lowest BCUT2D eigenvalue weighted by atomic mass is 9.93. The van der Waals surface area contributed by atoms with Gasteiger partial charge in [-0.25, -0.2) is 4.68 Å². The minimum Gasteiger partial charge on any atom is -0.376 e. The Balaban J connectivity index is 1.35. The van der Waals surface area contributed by atoms with E-state index in [0.717, 1.165) is 74.3 Å². The van der Waals surface area contributed by atoms with Gasteiger partial charge in [-0.3, -0.25) is 14.6 Å². The smallest absolute Gasteiger partial charge is 0.253 e. The molecule has 0 spiro atoms. The topological polar surface area (TPSA) is 92.2 Å². The summed E-state index contributed by atoms with van der Waals surface area (Å²) in [4.78, 5) is 21.8. The molecule has 2 aromatic heterocycles. The van der Waals surface area contributed by atoms with Crippen molar-refractivity contribution in [2.45, 2.75) is 83.0 Å². The number of fused-ring (bicyclic) bond motifs is 1. The van der Waals surface area contributed by atoms with Crippen LogP contribution in [0.1, 0.15) is 74.9 Å². The fraction of sp³-hybridized carbons (Fsp3) is 0.643. The lowest BCUT2D eigenvalue weighted by molar-refractivity contribution is 0.0593. The van der Waals surface area contributed by atoms with Gasteiger partial charge in [0.2, 0.25) is 0 Å². The maximum atomic E-state index is 13.5. The number of H-pyrrole nitrogens is 1. The number of rotatable bonds is 7. The van der Waals surface area contributed by atoms with Gasteiger partial charge in [-0.15, -0.1) is 5.10 Å². The maximum Gasteiger partial charge on any atom is 0.253 e. The molecule has 0 radical (unpaired) electrons. The van der Waals surface area contributed by atoms with E-state index < -0.39 is 0 Å². The van der Waals surface area contributed by atoms with Gasteiger partial charge in [-0.1, -0.05) is 32.3 Å². The minimum absolute atomic E-state index is 0.0666. The molecule has 1 aromatic carbocycles. The lowest BCUT2D eigenvalue weighted by Crippen LogP contribution is -2.52. The second-order valence-corrected chi connectivity index (χ2v) is 10.9. The molecule has 2 unspecified atom stereocenters. The standard InChI is InChI=1S/C28H39N7O2/c1-2-20-10-11-25-21(17-20)18-24(28(36)29-25)26(27-30-31-32-35(27)19-23-9-6-16-37-23)34-14-12-33(13-15-34)22-7-4-3-5-8-22/h10-11,17-18,22-23,26H,2-9,12-16,19H2,1H3,(H,29,36). The molecule has 3 aromatic rings. The van der Waals surface area contributed by atoms with Crippen LogP contribution in [0.5, 0.6) is 0 Å². The van der Waals surface area contributed by atoms with Gasteiger partial charge in [-0.05, 0) is 71.7 Å². The molecule has 3 aliphatic rings. The summed E-state index contributed by atoms with van der Waals surface area (Å²) in [5.74, 6) is 0.734. The number of nitrogens with zero attached hydrogens (tertiary/aromatic N) is 6. The van der Waals surface area contributed by atoms with Crippen molar-refractivity contribution in [3.8, 4) is 0 Å². The average molecular weight is 506 g/mol. The van der Waals surface area contributed by atoms with Gasteiger partial charge in [-0.2, -0.15) is 0 Å². The predicted molar refractivity (Wildman–Crippen MR) is 143 cm³/mol. The van der Waals surface area contributed by atoms with E-state index in [1.54, 1.807) is 0 Å². The third-order valence-corrected chi connectivity index (χ3v) is 8.65. The lowest BCUT2D eigenvalue weighted by Gasteiger charge is -2.43. The summed E-state index contributed by atoms with van der Waals surface area (Å²) in [5, 5.41) is 14.0. The Kier molecular flexibility index (Phi) is 7.35. The average Bonchev–Trinajstić information content (AvgIpc) is 3.63. The van der Waals surface area contributed by atoms with Gasteiger partial charge in [0.25, 0.3) is 5.56 Å². The summed E-state index contributed by atoms with van der Waals surface area (Å²) < 4.78 is 7.77. The second-order valence-electron chi connectivity index (χ2n) is 10.9. The number of aromatic nitrogens is 5. The number of hydrogen-bond acceptors (Lipinski definition) is 7. The number of nitrogens with one attached hydrogen (secondary N) is 1. The number of ether oxygens (including phenoxy) is 1. The van der Waals surface area contributed by atoms with Crippen molar-refractivity contribution >= 4 is 10.9 Å². The van der Waals surface area contributed by atoms with Crippen molar-refractivity contribution < 1.29 is 4.74 Å². The van der Waals surface area contributed by atoms with Crippen LogP contribution < -0.4 is 5.56 Å². The number of aryl methyl sites for hydroxylation is 1. The molecule has 2 saturated heterocycles. The zero-order valence-corrected chi connectivity index (χ0v) is 21.9. The molecular formula is C28H39N7O2. The Bertz CT molecular complexity index is 1250. The Morgan fingerprint density at radius 1 is 1.05 bits per heavy atom. The summed E-state index contributed by atoms with van der Waals surface area (Å²) in [6, 6.07) is 8.75. The van der Waals surface area contributed by atoms with Crippen LogP contribution >= 0.6 is 0 Å². The van der Waals surface area contributed by atoms with Crippen molar-refractivity contribution in [1.29, 1.82) is 0 Å².